The second-order valence-electron chi connectivity index (χ2n) is 9.71. The van der Waals surface area contributed by atoms with Crippen molar-refractivity contribution in [3.05, 3.63) is 82.0 Å². The highest BCUT2D eigenvalue weighted by atomic mass is 19.4. The van der Waals surface area contributed by atoms with Crippen LogP contribution in [0.4, 0.5) is 22.0 Å². The van der Waals surface area contributed by atoms with Crippen LogP contribution in [0.5, 0.6) is 0 Å². The molecule has 0 spiro atoms. The zero-order chi connectivity index (χ0) is 29.1. The molecule has 208 valence electrons. The molecule has 0 aliphatic carbocycles. The first-order valence-electron chi connectivity index (χ1n) is 12.5. The third-order valence-electron chi connectivity index (χ3n) is 6.64. The number of hydrogen-bond acceptors (Lipinski definition) is 4. The van der Waals surface area contributed by atoms with Gasteiger partial charge in [-0.1, -0.05) is 35.9 Å². The van der Waals surface area contributed by atoms with Crippen molar-refractivity contribution in [2.45, 2.75) is 45.2 Å². The van der Waals surface area contributed by atoms with Crippen LogP contribution < -0.4 is 10.8 Å². The van der Waals surface area contributed by atoms with E-state index >= 15 is 0 Å². The van der Waals surface area contributed by atoms with Crippen molar-refractivity contribution in [2.24, 2.45) is 10.9 Å². The molecular weight excluding hydrogens is 527 g/mol. The van der Waals surface area contributed by atoms with Crippen molar-refractivity contribution < 1.29 is 26.5 Å². The molecule has 0 bridgehead atoms. The van der Waals surface area contributed by atoms with Gasteiger partial charge in [0.1, 0.15) is 22.6 Å². The summed E-state index contributed by atoms with van der Waals surface area (Å²) in [5.74, 6) is -0.568. The lowest BCUT2D eigenvalue weighted by Gasteiger charge is -2.16. The number of nitrogens with zero attached hydrogens (tertiary/aromatic N) is 3. The maximum Gasteiger partial charge on any atom is 0.417 e. The standard InChI is InChI=1S/C30H27F5N4O/c1-5-6-8-18(2)19(3)28-37-25-10-7-9-20(16-36-17-27(25)38-28)13-22-15-26(39-40-22)23-12-11-21(29(4,31)32)14-24(23)30(33,34)35/h1,6,8,10-12,14-15,17,20,37H,2,7,9,13,16H2,3-4H3/b8-6-,25-10+,28-19?,36-17?. The Bertz CT molecular complexity index is 1630. The number of H-pyrrole nitrogens is 1. The minimum Gasteiger partial charge on any atom is -0.361 e. The number of nitrogens with one attached hydrogen (secondary N) is 1. The normalized spacial score (nSPS) is 17.8. The first kappa shape index (κ1) is 28.7. The Labute approximate surface area is 227 Å². The molecule has 3 aromatic rings. The van der Waals surface area contributed by atoms with E-state index in [2.05, 4.69) is 32.6 Å². The zero-order valence-electron chi connectivity index (χ0n) is 21.9. The summed E-state index contributed by atoms with van der Waals surface area (Å²) in [7, 11) is 0. The Morgan fingerprint density at radius 2 is 2.02 bits per heavy atom. The fourth-order valence-electron chi connectivity index (χ4n) is 4.36. The molecule has 1 aliphatic rings. The van der Waals surface area contributed by atoms with E-state index in [4.69, 9.17) is 10.9 Å². The molecule has 1 aromatic carbocycles. The smallest absolute Gasteiger partial charge is 0.361 e. The van der Waals surface area contributed by atoms with Gasteiger partial charge in [-0.15, -0.1) is 6.42 Å². The average molecular weight is 555 g/mol. The van der Waals surface area contributed by atoms with Crippen LogP contribution >= 0.6 is 0 Å². The maximum absolute atomic E-state index is 13.7. The van der Waals surface area contributed by atoms with Crippen LogP contribution in [0.15, 0.2) is 58.1 Å². The van der Waals surface area contributed by atoms with Gasteiger partial charge in [0.2, 0.25) is 0 Å². The first-order chi connectivity index (χ1) is 18.9. The second-order valence-corrected chi connectivity index (χ2v) is 9.71. The third-order valence-corrected chi connectivity index (χ3v) is 6.64. The number of aromatic nitrogens is 3. The quantitative estimate of drug-likeness (QED) is 0.232. The number of halogens is 5. The summed E-state index contributed by atoms with van der Waals surface area (Å²) < 4.78 is 73.8. The number of aliphatic imine (C=N–C) groups is 1. The Balaban J connectivity index is 1.52. The molecule has 4 rings (SSSR count). The molecule has 0 saturated carbocycles. The highest BCUT2D eigenvalue weighted by Crippen LogP contribution is 2.40. The Kier molecular flexibility index (Phi) is 8.24. The van der Waals surface area contributed by atoms with E-state index in [1.165, 1.54) is 6.07 Å². The van der Waals surface area contributed by atoms with Gasteiger partial charge in [-0.25, -0.2) is 13.8 Å². The molecule has 1 atom stereocenters. The summed E-state index contributed by atoms with van der Waals surface area (Å²) in [6.45, 7) is 6.89. The van der Waals surface area contributed by atoms with Crippen LogP contribution in [0.2, 0.25) is 0 Å². The van der Waals surface area contributed by atoms with E-state index in [1.54, 1.807) is 18.4 Å². The van der Waals surface area contributed by atoms with Crippen molar-refractivity contribution in [3.8, 4) is 23.6 Å². The van der Waals surface area contributed by atoms with Gasteiger partial charge in [-0.2, -0.15) is 13.2 Å². The van der Waals surface area contributed by atoms with Crippen LogP contribution in [0, 0.1) is 18.3 Å². The van der Waals surface area contributed by atoms with E-state index in [0.29, 0.717) is 49.3 Å². The number of allylic oxidation sites excluding steroid dienone is 3. The molecule has 0 fully saturated rings. The molecule has 0 saturated heterocycles. The fourth-order valence-corrected chi connectivity index (χ4v) is 4.36. The highest BCUT2D eigenvalue weighted by Gasteiger charge is 2.37. The number of hydrogen-bond donors (Lipinski definition) is 1. The molecule has 2 aromatic heterocycles. The van der Waals surface area contributed by atoms with E-state index in [1.807, 2.05) is 13.0 Å². The largest absolute Gasteiger partial charge is 0.417 e. The number of alkyl halides is 5. The zero-order valence-corrected chi connectivity index (χ0v) is 21.9. The van der Waals surface area contributed by atoms with Gasteiger partial charge in [0.15, 0.2) is 0 Å². The van der Waals surface area contributed by atoms with Crippen molar-refractivity contribution in [3.63, 3.8) is 0 Å². The molecule has 10 heteroatoms. The minimum absolute atomic E-state index is 0.0296. The van der Waals surface area contributed by atoms with Gasteiger partial charge < -0.3 is 9.51 Å². The van der Waals surface area contributed by atoms with Crippen molar-refractivity contribution >= 4 is 17.9 Å². The Morgan fingerprint density at radius 3 is 2.73 bits per heavy atom. The van der Waals surface area contributed by atoms with Crippen LogP contribution in [0.1, 0.15) is 49.3 Å². The highest BCUT2D eigenvalue weighted by molar-refractivity contribution is 5.78. The number of rotatable bonds is 6. The number of benzene rings is 1. The SMILES string of the molecule is C#C/C=C\C(=C)C(C)=c1nc2/c([nH]1)=C\CCC(Cc1cc(-c3ccc(C(C)(F)F)cc3C(F)(F)F)no1)CN=C2. The molecule has 1 aliphatic heterocycles. The van der Waals surface area contributed by atoms with Crippen molar-refractivity contribution in [1.29, 1.82) is 0 Å². The lowest BCUT2D eigenvalue weighted by atomic mass is 9.96. The van der Waals surface area contributed by atoms with Gasteiger partial charge in [0.25, 0.3) is 5.92 Å². The summed E-state index contributed by atoms with van der Waals surface area (Å²) in [5.41, 5.74) is 0.641. The monoisotopic (exact) mass is 554 g/mol. The summed E-state index contributed by atoms with van der Waals surface area (Å²) in [5, 5.41) is 4.64. The Morgan fingerprint density at radius 1 is 1.25 bits per heavy atom. The van der Waals surface area contributed by atoms with E-state index in [9.17, 15) is 22.0 Å². The molecule has 1 unspecified atom stereocenters. The van der Waals surface area contributed by atoms with Crippen LogP contribution in [-0.4, -0.2) is 27.9 Å². The van der Waals surface area contributed by atoms with Crippen LogP contribution in [0.25, 0.3) is 22.9 Å². The summed E-state index contributed by atoms with van der Waals surface area (Å²) in [6, 6.07) is 3.86. The topological polar surface area (TPSA) is 67.1 Å². The predicted molar refractivity (Wildman–Crippen MR) is 144 cm³/mol. The number of fused-ring (bicyclic) bond motifs is 1. The summed E-state index contributed by atoms with van der Waals surface area (Å²) >= 11 is 0. The summed E-state index contributed by atoms with van der Waals surface area (Å²) in [6.07, 6.45) is 9.26. The molecule has 0 amide bonds. The summed E-state index contributed by atoms with van der Waals surface area (Å²) in [4.78, 5) is 12.5. The molecule has 0 radical (unpaired) electrons. The predicted octanol–water partition coefficient (Wildman–Crippen LogP) is 5.96. The molecule has 40 heavy (non-hydrogen) atoms. The molecule has 5 nitrogen and oxygen atoms in total. The molecule has 1 N–H and O–H groups in total. The molecular formula is C30H27F5N4O. The fraction of sp³-hybridized carbons (Fsp3) is 0.300. The van der Waals surface area contributed by atoms with Gasteiger partial charge in [-0.05, 0) is 55.0 Å². The average Bonchev–Trinajstić information content (AvgIpc) is 3.53. The van der Waals surface area contributed by atoms with Crippen LogP contribution in [-0.2, 0) is 18.5 Å². The van der Waals surface area contributed by atoms with Crippen molar-refractivity contribution in [1.82, 2.24) is 15.1 Å². The van der Waals surface area contributed by atoms with Gasteiger partial charge >= 0.3 is 6.18 Å². The minimum atomic E-state index is -4.84. The van der Waals surface area contributed by atoms with E-state index < -0.39 is 23.2 Å². The van der Waals surface area contributed by atoms with Crippen LogP contribution in [0.3, 0.4) is 0 Å². The first-order valence-corrected chi connectivity index (χ1v) is 12.5. The third kappa shape index (κ3) is 6.65. The maximum atomic E-state index is 13.7. The van der Waals surface area contributed by atoms with Crippen molar-refractivity contribution in [2.75, 3.05) is 6.54 Å². The van der Waals surface area contributed by atoms with Gasteiger partial charge in [0.05, 0.1) is 10.9 Å². The lowest BCUT2D eigenvalue weighted by molar-refractivity contribution is -0.137. The molecule has 3 heterocycles. The lowest BCUT2D eigenvalue weighted by Crippen LogP contribution is -2.14. The number of imidazole rings is 1. The van der Waals surface area contributed by atoms with Gasteiger partial charge in [0, 0.05) is 43.3 Å². The van der Waals surface area contributed by atoms with E-state index in [0.717, 1.165) is 35.0 Å². The van der Waals surface area contributed by atoms with E-state index in [-0.39, 0.29) is 17.2 Å². The Hall–Kier alpha value is -4.26. The second kappa shape index (κ2) is 11.5. The number of terminal acetylenes is 1. The van der Waals surface area contributed by atoms with Gasteiger partial charge in [-0.3, -0.25) is 4.99 Å². The number of aromatic amines is 1.